The van der Waals surface area contributed by atoms with Crippen molar-refractivity contribution in [2.45, 2.75) is 120 Å². The van der Waals surface area contributed by atoms with Crippen molar-refractivity contribution >= 4 is 67.6 Å². The van der Waals surface area contributed by atoms with Crippen LogP contribution in [0.2, 0.25) is 18.1 Å². The van der Waals surface area contributed by atoms with E-state index in [0.717, 1.165) is 42.3 Å². The largest absolute Gasteiger partial charge is 0.408 e. The Kier molecular flexibility index (Phi) is 11.3. The minimum Gasteiger partial charge on any atom is -0.408 e. The van der Waals surface area contributed by atoms with Crippen molar-refractivity contribution in [1.82, 2.24) is 33.6 Å². The van der Waals surface area contributed by atoms with E-state index in [4.69, 9.17) is 61.3 Å². The van der Waals surface area contributed by atoms with E-state index in [-0.39, 0.29) is 29.3 Å². The molecule has 0 spiro atoms. The number of hydrogen-bond acceptors (Lipinski definition) is 15. The topological polar surface area (TPSA) is 215 Å². The van der Waals surface area contributed by atoms with Crippen LogP contribution in [0.5, 0.6) is 0 Å². The second kappa shape index (κ2) is 15.5. The fourth-order valence-corrected chi connectivity index (χ4v) is 11.7. The van der Waals surface area contributed by atoms with Crippen molar-refractivity contribution in [1.29, 1.82) is 0 Å². The molecule has 0 amide bonds. The molecule has 24 heteroatoms. The summed E-state index contributed by atoms with van der Waals surface area (Å²) in [4.78, 5) is 54.4. The van der Waals surface area contributed by atoms with Crippen LogP contribution in [0, 0.1) is 0 Å². The Balaban J connectivity index is 1.15. The zero-order chi connectivity index (χ0) is 40.7. The van der Waals surface area contributed by atoms with Gasteiger partial charge in [-0.2, -0.15) is 0 Å². The molecule has 312 valence electrons. The normalized spacial score (nSPS) is 34.1. The maximum Gasteiger partial charge on any atom is 0.325 e. The molecule has 1 aliphatic carbocycles. The molecule has 2 bridgehead atoms. The fraction of sp³-hybridized carbons (Fsp3) is 0.667. The van der Waals surface area contributed by atoms with E-state index in [1.54, 1.807) is 4.57 Å². The van der Waals surface area contributed by atoms with Crippen molar-refractivity contribution in [2.75, 3.05) is 19.8 Å². The predicted molar refractivity (Wildman–Crippen MR) is 214 cm³/mol. The first kappa shape index (κ1) is 41.7. The van der Waals surface area contributed by atoms with Crippen LogP contribution in [0.3, 0.4) is 0 Å². The summed E-state index contributed by atoms with van der Waals surface area (Å²) in [5.74, 6) is 0. The lowest BCUT2D eigenvalue weighted by Crippen LogP contribution is -2.50. The zero-order valence-corrected chi connectivity index (χ0v) is 36.5. The van der Waals surface area contributed by atoms with E-state index in [1.165, 1.54) is 28.1 Å². The van der Waals surface area contributed by atoms with Crippen LogP contribution >= 0.6 is 13.4 Å². The van der Waals surface area contributed by atoms with Gasteiger partial charge in [-0.05, 0) is 73.0 Å². The van der Waals surface area contributed by atoms with Gasteiger partial charge in [-0.3, -0.25) is 23.0 Å². The summed E-state index contributed by atoms with van der Waals surface area (Å²) < 4.78 is 65.1. The molecule has 3 fully saturated rings. The second-order valence-electron chi connectivity index (χ2n) is 16.2. The number of nitrogens with two attached hydrogens (primary N) is 1. The maximum atomic E-state index is 16.8. The first-order valence-electron chi connectivity index (χ1n) is 18.8. The third-order valence-corrected chi connectivity index (χ3v) is 19.0. The van der Waals surface area contributed by atoms with E-state index >= 15 is 4.39 Å². The van der Waals surface area contributed by atoms with Gasteiger partial charge in [0.25, 0.3) is 5.56 Å². The molecule has 10 atom stereocenters. The molecule has 3 aliphatic heterocycles. The molecule has 0 radical (unpaired) electrons. The Morgan fingerprint density at radius 1 is 0.947 bits per heavy atom. The Morgan fingerprint density at radius 3 is 2.35 bits per heavy atom. The quantitative estimate of drug-likeness (QED) is 0.186. The van der Waals surface area contributed by atoms with E-state index < -0.39 is 89.7 Å². The van der Waals surface area contributed by atoms with Crippen LogP contribution in [0.15, 0.2) is 30.0 Å². The lowest BCUT2D eigenvalue weighted by molar-refractivity contribution is -0.0601. The van der Waals surface area contributed by atoms with Gasteiger partial charge in [0.15, 0.2) is 38.1 Å². The Hall–Kier alpha value is -1.98. The van der Waals surface area contributed by atoms with Gasteiger partial charge in [-0.1, -0.05) is 20.8 Å². The van der Waals surface area contributed by atoms with Crippen molar-refractivity contribution in [3.63, 3.8) is 0 Å². The molecule has 2 unspecified atom stereocenters. The minimum absolute atomic E-state index is 0.0467. The third-order valence-electron chi connectivity index (χ3n) is 11.4. The standard InChI is InChI=1S/C33H47FN8O10P2S2Si/c1-33(2,3)57(4,5)52-26-21-14-47-53(44,55)50-25-20(48-31(23(25)34)41-12-18-8-6-7-9-19-22(18)28(41)37-15-36-19)13-46-54(45,56)51-27(26)32(49-21)42-17-38-24-29(42)39-16-40(11-10-35)30(24)43/h12,15-17,20-21,23,25-27,31-32H,6-11,13-14,35H2,1-5H3,(H,44,55)(H,45,56)/t20-,21-,23-,25-,26-,27-,31-,32-,53?,54?/m1/s1. The van der Waals surface area contributed by atoms with Crippen LogP contribution in [-0.2, 0) is 75.0 Å². The van der Waals surface area contributed by atoms with Gasteiger partial charge in [0.05, 0.1) is 25.2 Å². The highest BCUT2D eigenvalue weighted by atomic mass is 32.5. The molecule has 7 heterocycles. The number of hydrogen-bond donors (Lipinski definition) is 3. The van der Waals surface area contributed by atoms with Gasteiger partial charge < -0.3 is 43.0 Å². The Bertz CT molecular complexity index is 2330. The van der Waals surface area contributed by atoms with Gasteiger partial charge in [-0.25, -0.2) is 24.3 Å². The number of imidazole rings is 1. The fourth-order valence-electron chi connectivity index (χ4n) is 7.56. The third kappa shape index (κ3) is 7.90. The van der Waals surface area contributed by atoms with Crippen LogP contribution in [0.4, 0.5) is 4.39 Å². The average Bonchev–Trinajstić information content (AvgIpc) is 3.85. The summed E-state index contributed by atoms with van der Waals surface area (Å²) in [6.07, 6.45) is -0.861. The number of rotatable bonds is 6. The number of alkyl halides is 1. The first-order valence-corrected chi connectivity index (χ1v) is 26.9. The van der Waals surface area contributed by atoms with Crippen LogP contribution in [-0.4, -0.2) is 108 Å². The number of nitrogens with zero attached hydrogens (tertiary/aromatic N) is 7. The molecule has 4 N–H and O–H groups in total. The molecule has 0 aromatic carbocycles. The predicted octanol–water partition coefficient (Wildman–Crippen LogP) is 3.65. The number of fused-ring (bicyclic) bond motifs is 4. The van der Waals surface area contributed by atoms with Gasteiger partial charge in [0, 0.05) is 24.7 Å². The lowest BCUT2D eigenvalue weighted by Gasteiger charge is -2.40. The summed E-state index contributed by atoms with van der Waals surface area (Å²) in [6, 6.07) is 0. The SMILES string of the molecule is CC(C)(C)[Si](C)(C)O[C@H]1[C@H]2OP(O)(=S)OC[C@H]3O[C@@H](n4cc5c6c(ncnc64)CCCC5)[C@H](F)[C@@H]3OP(O)(=S)OC[C@H]1O[C@H]2n1cnc2c(=O)n(CCN)cnc21. The Morgan fingerprint density at radius 2 is 1.63 bits per heavy atom. The number of ether oxygens (including phenoxy) is 2. The van der Waals surface area contributed by atoms with Crippen LogP contribution in [0.25, 0.3) is 22.2 Å². The van der Waals surface area contributed by atoms with Gasteiger partial charge in [-0.15, -0.1) is 0 Å². The van der Waals surface area contributed by atoms with Gasteiger partial charge >= 0.3 is 13.4 Å². The van der Waals surface area contributed by atoms with Crippen molar-refractivity contribution in [2.24, 2.45) is 5.73 Å². The molecular formula is C33H47FN8O10P2S2Si. The maximum absolute atomic E-state index is 16.8. The van der Waals surface area contributed by atoms with Crippen LogP contribution in [0.1, 0.15) is 57.3 Å². The van der Waals surface area contributed by atoms with Crippen molar-refractivity contribution in [3.8, 4) is 0 Å². The Labute approximate surface area is 338 Å². The van der Waals surface area contributed by atoms with Crippen molar-refractivity contribution < 1.29 is 46.2 Å². The lowest BCUT2D eigenvalue weighted by atomic mass is 10.1. The summed E-state index contributed by atoms with van der Waals surface area (Å²) in [6.45, 7) is 1.23. The first-order chi connectivity index (χ1) is 26.9. The highest BCUT2D eigenvalue weighted by molar-refractivity contribution is 8.07. The molecule has 3 saturated heterocycles. The molecule has 4 aliphatic rings. The number of aromatic nitrogens is 7. The summed E-state index contributed by atoms with van der Waals surface area (Å²) in [5.41, 5.74) is 7.85. The molecule has 18 nitrogen and oxygen atoms in total. The van der Waals surface area contributed by atoms with E-state index in [0.29, 0.717) is 5.65 Å². The highest BCUT2D eigenvalue weighted by Crippen LogP contribution is 2.55. The minimum atomic E-state index is -4.25. The summed E-state index contributed by atoms with van der Waals surface area (Å²) in [7, 11) is -2.66. The van der Waals surface area contributed by atoms with Gasteiger partial charge in [0.1, 0.15) is 48.8 Å². The molecule has 4 aromatic rings. The van der Waals surface area contributed by atoms with E-state index in [9.17, 15) is 14.6 Å². The summed E-state index contributed by atoms with van der Waals surface area (Å²) >= 11 is 11.1. The van der Waals surface area contributed by atoms with Gasteiger partial charge in [0.2, 0.25) is 0 Å². The average molecular weight is 889 g/mol. The number of aryl methyl sites for hydroxylation is 2. The summed E-state index contributed by atoms with van der Waals surface area (Å²) in [5, 5.41) is 0.561. The molecule has 57 heavy (non-hydrogen) atoms. The smallest absolute Gasteiger partial charge is 0.325 e. The second-order valence-corrected chi connectivity index (χ2v) is 26.6. The zero-order valence-electron chi connectivity index (χ0n) is 32.0. The molecule has 4 aromatic heterocycles. The van der Waals surface area contributed by atoms with E-state index in [1.807, 2.05) is 19.3 Å². The molecule has 8 rings (SSSR count). The van der Waals surface area contributed by atoms with Crippen molar-refractivity contribution in [3.05, 3.63) is 46.8 Å². The van der Waals surface area contributed by atoms with E-state index in [2.05, 4.69) is 40.7 Å². The molecular weight excluding hydrogens is 842 g/mol. The van der Waals surface area contributed by atoms with Crippen LogP contribution < -0.4 is 11.3 Å². The number of halogens is 1. The molecule has 0 saturated carbocycles. The monoisotopic (exact) mass is 888 g/mol. The highest BCUT2D eigenvalue weighted by Gasteiger charge is 2.56.